The van der Waals surface area contributed by atoms with Crippen LogP contribution in [0, 0.1) is 0 Å². The Morgan fingerprint density at radius 1 is 1.46 bits per heavy atom. The van der Waals surface area contributed by atoms with E-state index >= 15 is 0 Å². The maximum absolute atomic E-state index is 9.59. The van der Waals surface area contributed by atoms with Gasteiger partial charge < -0.3 is 15.6 Å². The van der Waals surface area contributed by atoms with Gasteiger partial charge in [0, 0.05) is 6.04 Å². The highest BCUT2D eigenvalue weighted by atomic mass is 16.5. The summed E-state index contributed by atoms with van der Waals surface area (Å²) in [7, 11) is 1.62. The fraction of sp³-hybridized carbons (Fsp3) is 0.400. The first-order chi connectivity index (χ1) is 6.22. The minimum Gasteiger partial charge on any atom is -0.497 e. The molecule has 3 heteroatoms. The zero-order valence-corrected chi connectivity index (χ0v) is 7.53. The zero-order valence-electron chi connectivity index (χ0n) is 7.53. The molecule has 1 aliphatic rings. The van der Waals surface area contributed by atoms with Gasteiger partial charge in [-0.25, -0.2) is 0 Å². The Hall–Kier alpha value is -1.06. The molecule has 0 saturated carbocycles. The quantitative estimate of drug-likeness (QED) is 0.679. The van der Waals surface area contributed by atoms with Crippen molar-refractivity contribution in [1.29, 1.82) is 0 Å². The molecule has 0 spiro atoms. The second-order valence-corrected chi connectivity index (χ2v) is 3.35. The van der Waals surface area contributed by atoms with Crippen LogP contribution in [-0.4, -0.2) is 12.2 Å². The lowest BCUT2D eigenvalue weighted by molar-refractivity contribution is 0.173. The van der Waals surface area contributed by atoms with Crippen molar-refractivity contribution in [3.63, 3.8) is 0 Å². The van der Waals surface area contributed by atoms with Crippen LogP contribution in [0.3, 0.4) is 0 Å². The van der Waals surface area contributed by atoms with Gasteiger partial charge in [0.05, 0.1) is 13.2 Å². The number of hydrogen-bond donors (Lipinski definition) is 2. The van der Waals surface area contributed by atoms with E-state index in [1.807, 2.05) is 18.2 Å². The molecule has 0 aromatic heterocycles. The fourth-order valence-electron chi connectivity index (χ4n) is 1.80. The number of aliphatic hydroxyl groups is 1. The van der Waals surface area contributed by atoms with E-state index in [1.165, 1.54) is 0 Å². The van der Waals surface area contributed by atoms with Crippen LogP contribution in [0.5, 0.6) is 5.75 Å². The third-order valence-corrected chi connectivity index (χ3v) is 2.53. The van der Waals surface area contributed by atoms with E-state index in [0.29, 0.717) is 6.42 Å². The molecule has 1 aromatic carbocycles. The number of hydrogen-bond acceptors (Lipinski definition) is 3. The van der Waals surface area contributed by atoms with E-state index in [-0.39, 0.29) is 6.04 Å². The van der Waals surface area contributed by atoms with Gasteiger partial charge in [-0.1, -0.05) is 6.07 Å². The van der Waals surface area contributed by atoms with Gasteiger partial charge in [0.25, 0.3) is 0 Å². The Kier molecular flexibility index (Phi) is 1.98. The monoisotopic (exact) mass is 179 g/mol. The van der Waals surface area contributed by atoms with Crippen LogP contribution in [0.25, 0.3) is 0 Å². The third kappa shape index (κ3) is 1.30. The predicted octanol–water partition coefficient (Wildman–Crippen LogP) is 1.13. The largest absolute Gasteiger partial charge is 0.497 e. The second-order valence-electron chi connectivity index (χ2n) is 3.35. The summed E-state index contributed by atoms with van der Waals surface area (Å²) in [6.45, 7) is 0. The van der Waals surface area contributed by atoms with Crippen molar-refractivity contribution in [2.75, 3.05) is 7.11 Å². The van der Waals surface area contributed by atoms with Crippen molar-refractivity contribution >= 4 is 0 Å². The molecule has 3 N–H and O–H groups in total. The number of rotatable bonds is 1. The molecule has 0 fully saturated rings. The minimum absolute atomic E-state index is 0.0555. The average Bonchev–Trinajstić information content (AvgIpc) is 2.42. The molecule has 0 bridgehead atoms. The molecular weight excluding hydrogens is 166 g/mol. The zero-order chi connectivity index (χ0) is 9.42. The normalized spacial score (nSPS) is 25.8. The summed E-state index contributed by atoms with van der Waals surface area (Å²) in [5.41, 5.74) is 7.79. The number of ether oxygens (including phenoxy) is 1. The maximum atomic E-state index is 9.59. The smallest absolute Gasteiger partial charge is 0.119 e. The lowest BCUT2D eigenvalue weighted by Gasteiger charge is -2.06. The Labute approximate surface area is 77.1 Å². The Balaban J connectivity index is 2.46. The number of benzene rings is 1. The summed E-state index contributed by atoms with van der Waals surface area (Å²) < 4.78 is 5.09. The van der Waals surface area contributed by atoms with Gasteiger partial charge in [-0.15, -0.1) is 0 Å². The fourth-order valence-corrected chi connectivity index (χ4v) is 1.80. The Bertz CT molecular complexity index is 325. The molecule has 3 nitrogen and oxygen atoms in total. The van der Waals surface area contributed by atoms with E-state index < -0.39 is 6.10 Å². The van der Waals surface area contributed by atoms with Crippen LogP contribution >= 0.6 is 0 Å². The lowest BCUT2D eigenvalue weighted by Crippen LogP contribution is -2.05. The van der Waals surface area contributed by atoms with Crippen molar-refractivity contribution in [3.8, 4) is 5.75 Å². The van der Waals surface area contributed by atoms with Crippen molar-refractivity contribution in [3.05, 3.63) is 29.3 Å². The highest BCUT2D eigenvalue weighted by Gasteiger charge is 2.26. The molecule has 1 aromatic rings. The van der Waals surface area contributed by atoms with Crippen molar-refractivity contribution < 1.29 is 9.84 Å². The molecular formula is C10H13NO2. The molecule has 2 atom stereocenters. The Morgan fingerprint density at radius 3 is 2.92 bits per heavy atom. The van der Waals surface area contributed by atoms with Crippen LogP contribution in [0.4, 0.5) is 0 Å². The van der Waals surface area contributed by atoms with Crippen LogP contribution in [0.1, 0.15) is 29.7 Å². The molecule has 0 saturated heterocycles. The summed E-state index contributed by atoms with van der Waals surface area (Å²) >= 11 is 0. The van der Waals surface area contributed by atoms with Crippen LogP contribution in [0.15, 0.2) is 18.2 Å². The van der Waals surface area contributed by atoms with E-state index in [0.717, 1.165) is 16.9 Å². The minimum atomic E-state index is -0.407. The number of methoxy groups -OCH3 is 1. The van der Waals surface area contributed by atoms with E-state index in [4.69, 9.17) is 10.5 Å². The number of aliphatic hydroxyl groups excluding tert-OH is 1. The third-order valence-electron chi connectivity index (χ3n) is 2.53. The SMILES string of the molecule is COc1ccc2c(c1)[C@H](N)C[C@H]2O. The van der Waals surface area contributed by atoms with E-state index in [1.54, 1.807) is 7.11 Å². The summed E-state index contributed by atoms with van der Waals surface area (Å²) in [5, 5.41) is 9.59. The highest BCUT2D eigenvalue weighted by Crippen LogP contribution is 2.38. The summed E-state index contributed by atoms with van der Waals surface area (Å²) in [6.07, 6.45) is 0.207. The van der Waals surface area contributed by atoms with E-state index in [2.05, 4.69) is 0 Å². The second kappa shape index (κ2) is 3.01. The molecule has 0 radical (unpaired) electrons. The Morgan fingerprint density at radius 2 is 2.23 bits per heavy atom. The molecule has 13 heavy (non-hydrogen) atoms. The first-order valence-electron chi connectivity index (χ1n) is 4.34. The highest BCUT2D eigenvalue weighted by molar-refractivity contribution is 5.41. The van der Waals surface area contributed by atoms with E-state index in [9.17, 15) is 5.11 Å². The molecule has 70 valence electrons. The van der Waals surface area contributed by atoms with Gasteiger partial charge in [-0.05, 0) is 29.7 Å². The van der Waals surface area contributed by atoms with Gasteiger partial charge in [-0.2, -0.15) is 0 Å². The van der Waals surface area contributed by atoms with Crippen LogP contribution in [0.2, 0.25) is 0 Å². The predicted molar refractivity (Wildman–Crippen MR) is 49.5 cm³/mol. The maximum Gasteiger partial charge on any atom is 0.119 e. The molecule has 0 amide bonds. The van der Waals surface area contributed by atoms with Crippen LogP contribution in [-0.2, 0) is 0 Å². The standard InChI is InChI=1S/C10H13NO2/c1-13-6-2-3-7-8(4-6)9(11)5-10(7)12/h2-4,9-10,12H,5,11H2,1H3/t9-,10-/m1/s1. The number of fused-ring (bicyclic) bond motifs is 1. The van der Waals surface area contributed by atoms with Gasteiger partial charge in [-0.3, -0.25) is 0 Å². The van der Waals surface area contributed by atoms with Crippen molar-refractivity contribution in [1.82, 2.24) is 0 Å². The van der Waals surface area contributed by atoms with Crippen molar-refractivity contribution in [2.45, 2.75) is 18.6 Å². The van der Waals surface area contributed by atoms with Crippen molar-refractivity contribution in [2.24, 2.45) is 5.73 Å². The molecule has 0 unspecified atom stereocenters. The number of nitrogens with two attached hydrogens (primary N) is 1. The van der Waals surface area contributed by atoms with Gasteiger partial charge >= 0.3 is 0 Å². The summed E-state index contributed by atoms with van der Waals surface area (Å²) in [5.74, 6) is 0.795. The first kappa shape index (κ1) is 8.53. The summed E-state index contributed by atoms with van der Waals surface area (Å²) in [6, 6.07) is 5.57. The molecule has 2 rings (SSSR count). The van der Waals surface area contributed by atoms with Gasteiger partial charge in [0.2, 0.25) is 0 Å². The first-order valence-corrected chi connectivity index (χ1v) is 4.34. The lowest BCUT2D eigenvalue weighted by atomic mass is 10.1. The molecule has 1 aliphatic carbocycles. The van der Waals surface area contributed by atoms with Gasteiger partial charge in [0.1, 0.15) is 5.75 Å². The topological polar surface area (TPSA) is 55.5 Å². The van der Waals surface area contributed by atoms with Crippen LogP contribution < -0.4 is 10.5 Å². The van der Waals surface area contributed by atoms with Gasteiger partial charge in [0.15, 0.2) is 0 Å². The molecule has 0 aliphatic heterocycles. The molecule has 0 heterocycles. The summed E-state index contributed by atoms with van der Waals surface area (Å²) in [4.78, 5) is 0. The average molecular weight is 179 g/mol.